The lowest BCUT2D eigenvalue weighted by atomic mass is 10.2. The molecule has 21 heavy (non-hydrogen) atoms. The van der Waals surface area contributed by atoms with Gasteiger partial charge in [0.05, 0.1) is 10.0 Å². The maximum absolute atomic E-state index is 12.6. The molecule has 0 spiro atoms. The molecule has 0 saturated heterocycles. The van der Waals surface area contributed by atoms with Crippen molar-refractivity contribution in [3.63, 3.8) is 0 Å². The fourth-order valence-corrected chi connectivity index (χ4v) is 2.19. The quantitative estimate of drug-likeness (QED) is 0.775. The zero-order chi connectivity index (χ0) is 15.6. The lowest BCUT2D eigenvalue weighted by Crippen LogP contribution is -2.09. The van der Waals surface area contributed by atoms with E-state index >= 15 is 0 Å². The zero-order valence-corrected chi connectivity index (χ0v) is 12.8. The first-order valence-electron chi connectivity index (χ1n) is 5.72. The summed E-state index contributed by atoms with van der Waals surface area (Å²) in [4.78, 5) is 0.223. The predicted octanol–water partition coefficient (Wildman–Crippen LogP) is 4.89. The smallest absolute Gasteiger partial charge is 0.416 e. The number of hydrogen-bond donors (Lipinski definition) is 1. The summed E-state index contributed by atoms with van der Waals surface area (Å²) in [5.74, 6) is 0.461. The minimum absolute atomic E-state index is 0.0913. The topological polar surface area (TPSA) is 35.2 Å². The van der Waals surface area contributed by atoms with Crippen molar-refractivity contribution in [1.29, 1.82) is 0 Å². The lowest BCUT2D eigenvalue weighted by Gasteiger charge is -2.11. The van der Waals surface area contributed by atoms with Crippen LogP contribution >= 0.6 is 28.1 Å². The molecule has 110 valence electrons. The Morgan fingerprint density at radius 2 is 1.86 bits per heavy atom. The first-order valence-corrected chi connectivity index (χ1v) is 6.92. The SMILES string of the molecule is NC(=S)c1ccc(Oc2cccc(C(F)(F)F)c2)c(Br)c1. The molecule has 2 aromatic carbocycles. The summed E-state index contributed by atoms with van der Waals surface area (Å²) in [5, 5.41) is 0. The monoisotopic (exact) mass is 375 g/mol. The Morgan fingerprint density at radius 3 is 2.43 bits per heavy atom. The van der Waals surface area contributed by atoms with E-state index in [-0.39, 0.29) is 10.7 Å². The van der Waals surface area contributed by atoms with Crippen LogP contribution in [0.1, 0.15) is 11.1 Å². The second kappa shape index (κ2) is 6.03. The van der Waals surface area contributed by atoms with Crippen molar-refractivity contribution in [2.24, 2.45) is 5.73 Å². The third-order valence-corrected chi connectivity index (χ3v) is 3.46. The van der Waals surface area contributed by atoms with Gasteiger partial charge in [0.1, 0.15) is 16.5 Å². The van der Waals surface area contributed by atoms with Crippen molar-refractivity contribution >= 4 is 33.1 Å². The molecule has 2 N–H and O–H groups in total. The Morgan fingerprint density at radius 1 is 1.14 bits per heavy atom. The highest BCUT2D eigenvalue weighted by atomic mass is 79.9. The van der Waals surface area contributed by atoms with Crippen molar-refractivity contribution in [3.05, 3.63) is 58.1 Å². The van der Waals surface area contributed by atoms with Gasteiger partial charge >= 0.3 is 6.18 Å². The molecule has 0 aromatic heterocycles. The van der Waals surface area contributed by atoms with Gasteiger partial charge in [-0.1, -0.05) is 18.3 Å². The second-order valence-electron chi connectivity index (χ2n) is 4.14. The highest BCUT2D eigenvalue weighted by Crippen LogP contribution is 2.34. The Hall–Kier alpha value is -1.60. The van der Waals surface area contributed by atoms with Gasteiger partial charge in [-0.3, -0.25) is 0 Å². The van der Waals surface area contributed by atoms with Crippen LogP contribution in [-0.2, 0) is 6.18 Å². The molecule has 0 bridgehead atoms. The first-order chi connectivity index (χ1) is 9.77. The van der Waals surface area contributed by atoms with E-state index in [0.717, 1.165) is 12.1 Å². The van der Waals surface area contributed by atoms with Gasteiger partial charge in [-0.15, -0.1) is 0 Å². The number of thiocarbonyl (C=S) groups is 1. The van der Waals surface area contributed by atoms with Crippen LogP contribution in [0.5, 0.6) is 11.5 Å². The van der Waals surface area contributed by atoms with Crippen molar-refractivity contribution in [2.75, 3.05) is 0 Å². The van der Waals surface area contributed by atoms with Gasteiger partial charge < -0.3 is 10.5 Å². The molecular formula is C14H9BrF3NOS. The maximum atomic E-state index is 12.6. The molecule has 2 nitrogen and oxygen atoms in total. The molecular weight excluding hydrogens is 367 g/mol. The molecule has 0 radical (unpaired) electrons. The number of ether oxygens (including phenoxy) is 1. The highest BCUT2D eigenvalue weighted by molar-refractivity contribution is 9.10. The minimum Gasteiger partial charge on any atom is -0.456 e. The molecule has 0 aliphatic carbocycles. The third-order valence-electron chi connectivity index (χ3n) is 2.61. The van der Waals surface area contributed by atoms with Gasteiger partial charge in [0.2, 0.25) is 0 Å². The molecule has 7 heteroatoms. The van der Waals surface area contributed by atoms with E-state index in [0.29, 0.717) is 15.8 Å². The van der Waals surface area contributed by atoms with Gasteiger partial charge in [0.15, 0.2) is 0 Å². The van der Waals surface area contributed by atoms with E-state index < -0.39 is 11.7 Å². The third kappa shape index (κ3) is 3.95. The standard InChI is InChI=1S/C14H9BrF3NOS/c15-11-6-8(13(19)21)4-5-12(11)20-10-3-1-2-9(7-10)14(16,17)18/h1-7H,(H2,19,21). The molecule has 0 unspecified atom stereocenters. The van der Waals surface area contributed by atoms with Crippen LogP contribution in [-0.4, -0.2) is 4.99 Å². The molecule has 0 heterocycles. The molecule has 0 atom stereocenters. The van der Waals surface area contributed by atoms with E-state index in [2.05, 4.69) is 15.9 Å². The van der Waals surface area contributed by atoms with Crippen LogP contribution in [0.2, 0.25) is 0 Å². The van der Waals surface area contributed by atoms with Gasteiger partial charge in [-0.25, -0.2) is 0 Å². The summed E-state index contributed by atoms with van der Waals surface area (Å²) >= 11 is 8.11. The highest BCUT2D eigenvalue weighted by Gasteiger charge is 2.30. The fraction of sp³-hybridized carbons (Fsp3) is 0.0714. The summed E-state index contributed by atoms with van der Waals surface area (Å²) in [6.45, 7) is 0. The lowest BCUT2D eigenvalue weighted by molar-refractivity contribution is -0.137. The average Bonchev–Trinajstić information content (AvgIpc) is 2.40. The summed E-state index contributed by atoms with van der Waals surface area (Å²) in [7, 11) is 0. The maximum Gasteiger partial charge on any atom is 0.416 e. The molecule has 2 aromatic rings. The number of benzene rings is 2. The Bertz CT molecular complexity index is 688. The predicted molar refractivity (Wildman–Crippen MR) is 81.5 cm³/mol. The summed E-state index contributed by atoms with van der Waals surface area (Å²) in [6, 6.07) is 9.52. The van der Waals surface area contributed by atoms with E-state index in [1.165, 1.54) is 12.1 Å². The fourth-order valence-electron chi connectivity index (χ4n) is 1.60. The van der Waals surface area contributed by atoms with Gasteiger partial charge in [-0.05, 0) is 52.3 Å². The van der Waals surface area contributed by atoms with E-state index in [1.807, 2.05) is 0 Å². The van der Waals surface area contributed by atoms with E-state index in [1.54, 1.807) is 18.2 Å². The van der Waals surface area contributed by atoms with Crippen molar-refractivity contribution < 1.29 is 17.9 Å². The average molecular weight is 376 g/mol. The summed E-state index contributed by atoms with van der Waals surface area (Å²) < 4.78 is 43.9. The zero-order valence-electron chi connectivity index (χ0n) is 10.4. The normalized spacial score (nSPS) is 11.2. The second-order valence-corrected chi connectivity index (χ2v) is 5.43. The van der Waals surface area contributed by atoms with E-state index in [9.17, 15) is 13.2 Å². The number of alkyl halides is 3. The van der Waals surface area contributed by atoms with Crippen molar-refractivity contribution in [3.8, 4) is 11.5 Å². The minimum atomic E-state index is -4.41. The Balaban J connectivity index is 2.28. The number of rotatable bonds is 3. The molecule has 0 aliphatic heterocycles. The summed E-state index contributed by atoms with van der Waals surface area (Å²) in [5.41, 5.74) is 5.36. The largest absolute Gasteiger partial charge is 0.456 e. The van der Waals surface area contributed by atoms with Gasteiger partial charge in [-0.2, -0.15) is 13.2 Å². The van der Waals surface area contributed by atoms with E-state index in [4.69, 9.17) is 22.7 Å². The number of hydrogen-bond acceptors (Lipinski definition) is 2. The van der Waals surface area contributed by atoms with Gasteiger partial charge in [0.25, 0.3) is 0 Å². The molecule has 0 aliphatic rings. The molecule has 0 amide bonds. The number of halogens is 4. The Labute approximate surface area is 132 Å². The molecule has 0 fully saturated rings. The van der Waals surface area contributed by atoms with Gasteiger partial charge in [0, 0.05) is 5.56 Å². The molecule has 0 saturated carbocycles. The van der Waals surface area contributed by atoms with Crippen LogP contribution in [0.25, 0.3) is 0 Å². The number of nitrogens with two attached hydrogens (primary N) is 1. The first kappa shape index (κ1) is 15.8. The van der Waals surface area contributed by atoms with Crippen LogP contribution < -0.4 is 10.5 Å². The van der Waals surface area contributed by atoms with Crippen LogP contribution in [0.3, 0.4) is 0 Å². The van der Waals surface area contributed by atoms with Crippen LogP contribution in [0, 0.1) is 0 Å². The summed E-state index contributed by atoms with van der Waals surface area (Å²) in [6.07, 6.45) is -4.41. The molecule has 2 rings (SSSR count). The Kier molecular flexibility index (Phi) is 4.53. The van der Waals surface area contributed by atoms with Crippen molar-refractivity contribution in [2.45, 2.75) is 6.18 Å². The van der Waals surface area contributed by atoms with Crippen LogP contribution in [0.4, 0.5) is 13.2 Å². The van der Waals surface area contributed by atoms with Crippen LogP contribution in [0.15, 0.2) is 46.9 Å². The van der Waals surface area contributed by atoms with Crippen molar-refractivity contribution in [1.82, 2.24) is 0 Å².